The lowest BCUT2D eigenvalue weighted by atomic mass is 9.94. The number of aliphatic imine (C=N–C) groups is 1. The van der Waals surface area contributed by atoms with Crippen molar-refractivity contribution in [1.82, 2.24) is 20.4 Å². The number of hydrogen-bond acceptors (Lipinski definition) is 5. The molecule has 7 nitrogen and oxygen atoms in total. The average Bonchev–Trinajstić information content (AvgIpc) is 2.74. The molecule has 166 valence electrons. The highest BCUT2D eigenvalue weighted by Crippen LogP contribution is 2.23. The van der Waals surface area contributed by atoms with Crippen LogP contribution in [0.4, 0.5) is 4.39 Å². The molecule has 1 saturated heterocycles. The van der Waals surface area contributed by atoms with Gasteiger partial charge in [0.15, 0.2) is 0 Å². The number of halogens is 1. The number of alkyl halides is 1. The van der Waals surface area contributed by atoms with E-state index >= 15 is 0 Å². The summed E-state index contributed by atoms with van der Waals surface area (Å²) in [7, 11) is 0. The van der Waals surface area contributed by atoms with E-state index in [1.807, 2.05) is 12.1 Å². The number of fused-ring (bicyclic) bond motifs is 1. The van der Waals surface area contributed by atoms with Crippen molar-refractivity contribution in [1.29, 1.82) is 0 Å². The van der Waals surface area contributed by atoms with Gasteiger partial charge in [0.05, 0.1) is 6.54 Å². The lowest BCUT2D eigenvalue weighted by molar-refractivity contribution is -0.135. The van der Waals surface area contributed by atoms with E-state index in [0.29, 0.717) is 24.8 Å². The molecule has 8 heteroatoms. The van der Waals surface area contributed by atoms with E-state index in [4.69, 9.17) is 0 Å². The Hall–Kier alpha value is -2.74. The minimum Gasteiger partial charge on any atom is -0.370 e. The molecule has 3 aliphatic rings. The maximum Gasteiger partial charge on any atom is 0.269 e. The Kier molecular flexibility index (Phi) is 6.65. The van der Waals surface area contributed by atoms with Crippen molar-refractivity contribution >= 4 is 17.5 Å². The largest absolute Gasteiger partial charge is 0.370 e. The second-order valence-corrected chi connectivity index (χ2v) is 8.60. The third-order valence-corrected chi connectivity index (χ3v) is 6.16. The van der Waals surface area contributed by atoms with Crippen LogP contribution in [-0.4, -0.2) is 72.9 Å². The molecule has 0 aromatic heterocycles. The second-order valence-electron chi connectivity index (χ2n) is 8.60. The minimum atomic E-state index is -1.13. The van der Waals surface area contributed by atoms with Gasteiger partial charge in [0.2, 0.25) is 5.91 Å². The van der Waals surface area contributed by atoms with Crippen LogP contribution >= 0.6 is 0 Å². The SMILES string of the molecule is CC(=O)N1CC(CC2=CC(C(=O)NCC(F)CN3CCc4ccccc4C3)=NCN2)C1. The first-order valence-electron chi connectivity index (χ1n) is 10.9. The summed E-state index contributed by atoms with van der Waals surface area (Å²) in [5.74, 6) is 0.151. The van der Waals surface area contributed by atoms with Crippen LogP contribution in [0.15, 0.2) is 41.0 Å². The molecule has 0 aliphatic carbocycles. The van der Waals surface area contributed by atoms with Gasteiger partial charge in [-0.3, -0.25) is 19.5 Å². The summed E-state index contributed by atoms with van der Waals surface area (Å²) in [6, 6.07) is 8.28. The van der Waals surface area contributed by atoms with E-state index in [1.54, 1.807) is 17.9 Å². The van der Waals surface area contributed by atoms with Crippen molar-refractivity contribution in [2.45, 2.75) is 32.5 Å². The van der Waals surface area contributed by atoms with Gasteiger partial charge in [-0.25, -0.2) is 4.39 Å². The Morgan fingerprint density at radius 3 is 2.84 bits per heavy atom. The van der Waals surface area contributed by atoms with Gasteiger partial charge in [-0.1, -0.05) is 24.3 Å². The smallest absolute Gasteiger partial charge is 0.269 e. The first-order chi connectivity index (χ1) is 15.0. The predicted octanol–water partition coefficient (Wildman–Crippen LogP) is 1.25. The Morgan fingerprint density at radius 2 is 2.06 bits per heavy atom. The van der Waals surface area contributed by atoms with Crippen molar-refractivity contribution in [3.63, 3.8) is 0 Å². The molecule has 0 radical (unpaired) electrons. The number of nitrogens with zero attached hydrogens (tertiary/aromatic N) is 3. The molecule has 1 fully saturated rings. The summed E-state index contributed by atoms with van der Waals surface area (Å²) in [6.45, 7) is 5.26. The van der Waals surface area contributed by atoms with Crippen molar-refractivity contribution < 1.29 is 14.0 Å². The van der Waals surface area contributed by atoms with Gasteiger partial charge in [0.25, 0.3) is 5.91 Å². The number of allylic oxidation sites excluding steroid dienone is 1. The fraction of sp³-hybridized carbons (Fsp3) is 0.522. The zero-order chi connectivity index (χ0) is 21.8. The van der Waals surface area contributed by atoms with Crippen LogP contribution in [0.2, 0.25) is 0 Å². The van der Waals surface area contributed by atoms with Crippen molar-refractivity contribution in [2.24, 2.45) is 10.9 Å². The van der Waals surface area contributed by atoms with Crippen molar-refractivity contribution in [2.75, 3.05) is 39.4 Å². The second kappa shape index (κ2) is 9.60. The number of hydrogen-bond donors (Lipinski definition) is 2. The number of carbonyl (C=O) groups excluding carboxylic acids is 2. The fourth-order valence-corrected chi connectivity index (χ4v) is 4.37. The van der Waals surface area contributed by atoms with Gasteiger partial charge >= 0.3 is 0 Å². The van der Waals surface area contributed by atoms with E-state index in [2.05, 4.69) is 32.7 Å². The molecule has 1 atom stereocenters. The standard InChI is InChI=1S/C23H30FN5O2/c1-16(30)29-11-17(12-29)8-21-9-22(27-15-26-21)23(31)25-10-20(24)14-28-7-6-18-4-2-3-5-19(18)13-28/h2-5,9,17,20,26H,6-8,10-15H2,1H3,(H,25,31). The molecule has 1 unspecified atom stereocenters. The number of amides is 2. The first kappa shape index (κ1) is 21.5. The van der Waals surface area contributed by atoms with Crippen LogP contribution in [0.5, 0.6) is 0 Å². The van der Waals surface area contributed by atoms with Gasteiger partial charge in [-0.2, -0.15) is 0 Å². The summed E-state index contributed by atoms with van der Waals surface area (Å²) in [5.41, 5.74) is 3.86. The third kappa shape index (κ3) is 5.50. The maximum absolute atomic E-state index is 14.5. The maximum atomic E-state index is 14.5. The van der Waals surface area contributed by atoms with E-state index < -0.39 is 6.17 Å². The number of rotatable bonds is 7. The Morgan fingerprint density at radius 1 is 1.29 bits per heavy atom. The van der Waals surface area contributed by atoms with Gasteiger partial charge in [-0.05, 0) is 36.0 Å². The summed E-state index contributed by atoms with van der Waals surface area (Å²) < 4.78 is 14.5. The van der Waals surface area contributed by atoms with Gasteiger partial charge < -0.3 is 15.5 Å². The van der Waals surface area contributed by atoms with Crippen LogP contribution in [0.3, 0.4) is 0 Å². The van der Waals surface area contributed by atoms with Crippen LogP contribution in [0, 0.1) is 5.92 Å². The highest BCUT2D eigenvalue weighted by Gasteiger charge is 2.29. The third-order valence-electron chi connectivity index (χ3n) is 6.16. The monoisotopic (exact) mass is 427 g/mol. The van der Waals surface area contributed by atoms with E-state index in [9.17, 15) is 14.0 Å². The molecule has 1 aromatic rings. The molecule has 4 rings (SSSR count). The number of nitrogens with one attached hydrogen (secondary N) is 2. The Labute approximate surface area is 182 Å². The lowest BCUT2D eigenvalue weighted by Gasteiger charge is -2.39. The van der Waals surface area contributed by atoms with Crippen LogP contribution < -0.4 is 10.6 Å². The number of likely N-dealkylation sites (tertiary alicyclic amines) is 1. The number of benzene rings is 1. The summed E-state index contributed by atoms with van der Waals surface area (Å²) in [4.78, 5) is 31.9. The molecule has 0 spiro atoms. The molecule has 0 bridgehead atoms. The van der Waals surface area contributed by atoms with Crippen LogP contribution in [0.1, 0.15) is 24.5 Å². The molecule has 0 saturated carbocycles. The molecular weight excluding hydrogens is 397 g/mol. The van der Waals surface area contributed by atoms with Crippen molar-refractivity contribution in [3.05, 3.63) is 47.2 Å². The summed E-state index contributed by atoms with van der Waals surface area (Å²) in [5, 5.41) is 5.87. The van der Waals surface area contributed by atoms with Gasteiger partial charge in [0.1, 0.15) is 18.6 Å². The van der Waals surface area contributed by atoms with Crippen molar-refractivity contribution in [3.8, 4) is 0 Å². The Bertz CT molecular complexity index is 894. The topological polar surface area (TPSA) is 77.0 Å². The van der Waals surface area contributed by atoms with Gasteiger partial charge in [-0.15, -0.1) is 0 Å². The average molecular weight is 428 g/mol. The molecule has 31 heavy (non-hydrogen) atoms. The van der Waals surface area contributed by atoms with Gasteiger partial charge in [0, 0.05) is 45.3 Å². The summed E-state index contributed by atoms with van der Waals surface area (Å²) in [6.07, 6.45) is 2.31. The quantitative estimate of drug-likeness (QED) is 0.687. The highest BCUT2D eigenvalue weighted by atomic mass is 19.1. The molecule has 2 amide bonds. The fourth-order valence-electron chi connectivity index (χ4n) is 4.37. The minimum absolute atomic E-state index is 0.0250. The molecular formula is C23H30FN5O2. The zero-order valence-electron chi connectivity index (χ0n) is 17.9. The molecule has 2 N–H and O–H groups in total. The summed E-state index contributed by atoms with van der Waals surface area (Å²) >= 11 is 0. The zero-order valence-corrected chi connectivity index (χ0v) is 17.9. The van der Waals surface area contributed by atoms with Crippen LogP contribution in [0.25, 0.3) is 0 Å². The predicted molar refractivity (Wildman–Crippen MR) is 117 cm³/mol. The van der Waals surface area contributed by atoms with E-state index in [1.165, 1.54) is 11.1 Å². The Balaban J connectivity index is 1.21. The molecule has 1 aromatic carbocycles. The van der Waals surface area contributed by atoms with E-state index in [-0.39, 0.29) is 18.4 Å². The van der Waals surface area contributed by atoms with E-state index in [0.717, 1.165) is 44.7 Å². The first-order valence-corrected chi connectivity index (χ1v) is 10.9. The molecule has 3 aliphatic heterocycles. The lowest BCUT2D eigenvalue weighted by Crippen LogP contribution is -2.49. The normalized spacial score (nSPS) is 20.0. The number of carbonyl (C=O) groups is 2. The van der Waals surface area contributed by atoms with Crippen LogP contribution in [-0.2, 0) is 22.6 Å². The highest BCUT2D eigenvalue weighted by molar-refractivity contribution is 6.43. The molecule has 3 heterocycles.